The van der Waals surface area contributed by atoms with Gasteiger partial charge in [0.2, 0.25) is 0 Å². The van der Waals surface area contributed by atoms with Gasteiger partial charge >= 0.3 is 11.9 Å². The van der Waals surface area contributed by atoms with Gasteiger partial charge in [0.1, 0.15) is 5.65 Å². The van der Waals surface area contributed by atoms with Crippen LogP contribution in [-0.2, 0) is 23.6 Å². The first-order valence-electron chi connectivity index (χ1n) is 17.8. The van der Waals surface area contributed by atoms with Gasteiger partial charge in [0.25, 0.3) is 0 Å². The van der Waals surface area contributed by atoms with Crippen LogP contribution in [-0.4, -0.2) is 40.1 Å². The molecule has 4 aromatic rings. The Morgan fingerprint density at radius 1 is 0.941 bits per heavy atom. The van der Waals surface area contributed by atoms with Crippen LogP contribution < -0.4 is 28.2 Å². The molecule has 0 atom stereocenters. The van der Waals surface area contributed by atoms with Gasteiger partial charge in [-0.05, 0) is 109 Å². The molecule has 2 heterocycles. The van der Waals surface area contributed by atoms with Gasteiger partial charge in [-0.1, -0.05) is 59.7 Å². The van der Waals surface area contributed by atoms with Crippen molar-refractivity contribution in [2.75, 3.05) is 19.6 Å². The summed E-state index contributed by atoms with van der Waals surface area (Å²) in [4.78, 5) is 23.9. The molecule has 51 heavy (non-hydrogen) atoms. The van der Waals surface area contributed by atoms with Gasteiger partial charge in [-0.15, -0.1) is 0 Å². The van der Waals surface area contributed by atoms with Crippen LogP contribution in [0.2, 0.25) is 0 Å². The summed E-state index contributed by atoms with van der Waals surface area (Å²) in [6.07, 6.45) is 2.33. The highest BCUT2D eigenvalue weighted by molar-refractivity contribution is 5.76. The fourth-order valence-corrected chi connectivity index (χ4v) is 6.22. The molecule has 0 spiro atoms. The average Bonchev–Trinajstić information content (AvgIpc) is 3.49. The van der Waals surface area contributed by atoms with Crippen LogP contribution in [0.1, 0.15) is 108 Å². The van der Waals surface area contributed by atoms with Crippen LogP contribution in [0.25, 0.3) is 16.7 Å². The Balaban J connectivity index is 0.000000238. The molecule has 9 nitrogen and oxygen atoms in total. The minimum atomic E-state index is -4.29. The van der Waals surface area contributed by atoms with Gasteiger partial charge < -0.3 is 27.5 Å². The first kappa shape index (κ1) is 39.6. The lowest BCUT2D eigenvalue weighted by molar-refractivity contribution is -0.137. The summed E-state index contributed by atoms with van der Waals surface area (Å²) in [6.45, 7) is 15.1. The highest BCUT2D eigenvalue weighted by atomic mass is 19.4. The smallest absolute Gasteiger partial charge is 0.370 e. The Kier molecular flexibility index (Phi) is 12.8. The van der Waals surface area contributed by atoms with Crippen LogP contribution in [0.3, 0.4) is 0 Å². The van der Waals surface area contributed by atoms with Crippen molar-refractivity contribution >= 4 is 17.0 Å². The molecule has 0 unspecified atom stereocenters. The number of aliphatic imine (C=N–C) groups is 1. The van der Waals surface area contributed by atoms with E-state index < -0.39 is 11.7 Å². The van der Waals surface area contributed by atoms with E-state index >= 15 is 0 Å². The standard InChI is InChI=1S/C21H29N7O.C18H26F3N/c1-21(2,3)17-11-15-13-28(20(29)27-18(15)26-17)16-7-5-14(6-8-16)12-24-9-4-10-25-19(22)23;1-17(2,3)15-8-14(9-16(10-15)18(19,20)21)13-6-4-12(11-22)5-7-13/h5-8,11,13,24H,4,9-10,12H2,1-3H3,(H4,22,23,25)(H,26,27,29);8-10,12-13H,4-7,11,22H2,1-3H3. The van der Waals surface area contributed by atoms with E-state index in [4.69, 9.17) is 17.2 Å². The topological polar surface area (TPSA) is 153 Å². The Bertz CT molecular complexity index is 1780. The number of hydrogen-bond acceptors (Lipinski definition) is 5. The van der Waals surface area contributed by atoms with Crippen molar-refractivity contribution in [2.24, 2.45) is 28.1 Å². The first-order chi connectivity index (χ1) is 23.8. The van der Waals surface area contributed by atoms with E-state index in [-0.39, 0.29) is 28.4 Å². The van der Waals surface area contributed by atoms with E-state index in [1.165, 1.54) is 12.1 Å². The number of aromatic nitrogens is 3. The highest BCUT2D eigenvalue weighted by Crippen LogP contribution is 2.40. The summed E-state index contributed by atoms with van der Waals surface area (Å²) in [5.41, 5.74) is 20.4. The predicted octanol–water partition coefficient (Wildman–Crippen LogP) is 7.00. The zero-order valence-electron chi connectivity index (χ0n) is 30.8. The summed E-state index contributed by atoms with van der Waals surface area (Å²) in [5, 5.41) is 4.27. The van der Waals surface area contributed by atoms with Gasteiger partial charge in [-0.2, -0.15) is 18.2 Å². The highest BCUT2D eigenvalue weighted by Gasteiger charge is 2.33. The lowest BCUT2D eigenvalue weighted by Gasteiger charge is -2.30. The van der Waals surface area contributed by atoms with Crippen LogP contribution in [0.5, 0.6) is 0 Å². The third-order valence-electron chi connectivity index (χ3n) is 9.47. The number of benzene rings is 2. The lowest BCUT2D eigenvalue weighted by Crippen LogP contribution is -2.23. The second-order valence-electron chi connectivity index (χ2n) is 15.7. The molecule has 0 bridgehead atoms. The maximum absolute atomic E-state index is 13.2. The molecule has 1 aliphatic carbocycles. The summed E-state index contributed by atoms with van der Waals surface area (Å²) in [7, 11) is 0. The monoisotopic (exact) mass is 708 g/mol. The van der Waals surface area contributed by atoms with E-state index in [2.05, 4.69) is 47.1 Å². The summed E-state index contributed by atoms with van der Waals surface area (Å²) in [6, 6.07) is 14.6. The van der Waals surface area contributed by atoms with Crippen molar-refractivity contribution in [1.29, 1.82) is 0 Å². The molecular formula is C39H55F3N8O. The molecule has 2 aromatic heterocycles. The molecule has 12 heteroatoms. The number of nitrogens with two attached hydrogens (primary N) is 3. The third-order valence-corrected chi connectivity index (χ3v) is 9.47. The largest absolute Gasteiger partial charge is 0.416 e. The second-order valence-corrected chi connectivity index (χ2v) is 15.7. The predicted molar refractivity (Wildman–Crippen MR) is 201 cm³/mol. The van der Waals surface area contributed by atoms with Gasteiger partial charge in [0.15, 0.2) is 5.96 Å². The quantitative estimate of drug-likeness (QED) is 0.0717. The number of nitrogens with zero attached hydrogens (tertiary/aromatic N) is 3. The van der Waals surface area contributed by atoms with Crippen molar-refractivity contribution in [3.05, 3.63) is 93.2 Å². The Labute approximate surface area is 299 Å². The van der Waals surface area contributed by atoms with E-state index in [0.717, 1.165) is 78.7 Å². The van der Waals surface area contributed by atoms with Gasteiger partial charge in [-0.25, -0.2) is 4.79 Å². The number of nitrogens with one attached hydrogen (secondary N) is 2. The van der Waals surface area contributed by atoms with E-state index in [1.807, 2.05) is 57.3 Å². The molecule has 5 rings (SSSR count). The van der Waals surface area contributed by atoms with E-state index in [0.29, 0.717) is 24.7 Å². The SMILES string of the molecule is CC(C)(C)c1cc(C2CCC(CN)CC2)cc(C(F)(F)F)c1.CC(C)(C)c1cc2cn(-c3ccc(CNCCCN=C(N)N)cc3)c(=O)nc2[nH]1. The van der Waals surface area contributed by atoms with Crippen LogP contribution in [0.15, 0.2) is 64.5 Å². The van der Waals surface area contributed by atoms with E-state index in [1.54, 1.807) is 4.57 Å². The first-order valence-corrected chi connectivity index (χ1v) is 17.8. The van der Waals surface area contributed by atoms with E-state index in [9.17, 15) is 18.0 Å². The number of fused-ring (bicyclic) bond motifs is 1. The van der Waals surface area contributed by atoms with Gasteiger partial charge in [-0.3, -0.25) is 9.56 Å². The molecule has 0 aliphatic heterocycles. The molecule has 278 valence electrons. The molecule has 2 aromatic carbocycles. The molecule has 0 radical (unpaired) electrons. The number of aromatic amines is 1. The molecule has 0 saturated heterocycles. The Hall–Kier alpha value is -4.16. The van der Waals surface area contributed by atoms with Crippen molar-refractivity contribution in [3.8, 4) is 5.69 Å². The molecule has 1 fully saturated rings. The number of hydrogen-bond donors (Lipinski definition) is 5. The minimum Gasteiger partial charge on any atom is -0.370 e. The number of guanidine groups is 1. The van der Waals surface area contributed by atoms with Crippen molar-refractivity contribution in [3.63, 3.8) is 0 Å². The molecule has 0 amide bonds. The van der Waals surface area contributed by atoms with Crippen molar-refractivity contribution in [2.45, 2.75) is 103 Å². The van der Waals surface area contributed by atoms with Crippen LogP contribution in [0, 0.1) is 5.92 Å². The maximum Gasteiger partial charge on any atom is 0.416 e. The third kappa shape index (κ3) is 11.2. The van der Waals surface area contributed by atoms with Crippen molar-refractivity contribution < 1.29 is 13.2 Å². The maximum atomic E-state index is 13.2. The summed E-state index contributed by atoms with van der Waals surface area (Å²) < 4.78 is 41.2. The number of alkyl halides is 3. The summed E-state index contributed by atoms with van der Waals surface area (Å²) >= 11 is 0. The normalized spacial score (nSPS) is 16.8. The van der Waals surface area contributed by atoms with Gasteiger partial charge in [0, 0.05) is 35.8 Å². The fraction of sp³-hybridized carbons (Fsp3) is 0.513. The lowest BCUT2D eigenvalue weighted by atomic mass is 9.76. The Morgan fingerprint density at radius 2 is 1.59 bits per heavy atom. The zero-order chi connectivity index (χ0) is 37.6. The van der Waals surface area contributed by atoms with Crippen LogP contribution >= 0.6 is 0 Å². The molecule has 1 aliphatic rings. The fourth-order valence-electron chi connectivity index (χ4n) is 6.22. The van der Waals surface area contributed by atoms with Crippen molar-refractivity contribution in [1.82, 2.24) is 19.9 Å². The number of halogens is 3. The molecule has 8 N–H and O–H groups in total. The van der Waals surface area contributed by atoms with Gasteiger partial charge in [0.05, 0.1) is 11.3 Å². The second kappa shape index (κ2) is 16.5. The minimum absolute atomic E-state index is 0.0352. The van der Waals surface area contributed by atoms with Crippen LogP contribution in [0.4, 0.5) is 13.2 Å². The molecular weight excluding hydrogens is 653 g/mol. The Morgan fingerprint density at radius 3 is 2.16 bits per heavy atom. The number of H-pyrrole nitrogens is 1. The number of rotatable bonds is 9. The molecule has 1 saturated carbocycles. The summed E-state index contributed by atoms with van der Waals surface area (Å²) in [5.74, 6) is 0.883. The zero-order valence-corrected chi connectivity index (χ0v) is 30.8. The average molecular weight is 709 g/mol.